The van der Waals surface area contributed by atoms with Crippen LogP contribution in [0, 0.1) is 11.8 Å². The number of likely N-dealkylation sites (tertiary alicyclic amines) is 1. The summed E-state index contributed by atoms with van der Waals surface area (Å²) in [5, 5.41) is 9.18. The van der Waals surface area contributed by atoms with Crippen LogP contribution in [-0.4, -0.2) is 88.0 Å². The van der Waals surface area contributed by atoms with Gasteiger partial charge in [-0.05, 0) is 37.8 Å². The third kappa shape index (κ3) is 6.04. The number of rotatable bonds is 16. The van der Waals surface area contributed by atoms with Crippen molar-refractivity contribution in [2.75, 3.05) is 37.7 Å². The van der Waals surface area contributed by atoms with Crippen LogP contribution in [0.3, 0.4) is 0 Å². The second-order valence-electron chi connectivity index (χ2n) is 11.3. The number of anilines is 1. The molecule has 0 aliphatic carbocycles. The second kappa shape index (κ2) is 14.1. The van der Waals surface area contributed by atoms with E-state index in [1.807, 2.05) is 30.3 Å². The zero-order chi connectivity index (χ0) is 29.6. The summed E-state index contributed by atoms with van der Waals surface area (Å²) in [4.78, 5) is 48.0. The Labute approximate surface area is 252 Å². The number of carbonyl (C=O) groups is 3. The van der Waals surface area contributed by atoms with Gasteiger partial charge in [0, 0.05) is 43.3 Å². The number of fused-ring (bicyclic) bond motifs is 1. The van der Waals surface area contributed by atoms with E-state index in [2.05, 4.69) is 36.0 Å². The number of carbonyl (C=O) groups excluding carboxylic acids is 3. The van der Waals surface area contributed by atoms with E-state index >= 15 is 0 Å². The van der Waals surface area contributed by atoms with Crippen molar-refractivity contribution in [1.82, 2.24) is 9.80 Å². The molecule has 1 aromatic carbocycles. The molecule has 0 radical (unpaired) electrons. The van der Waals surface area contributed by atoms with Crippen LogP contribution in [0.5, 0.6) is 0 Å². The van der Waals surface area contributed by atoms with Gasteiger partial charge in [-0.25, -0.2) is 0 Å². The fraction of sp³-hybridized carbons (Fsp3) is 0.594. The number of aliphatic hydroxyl groups is 1. The predicted molar refractivity (Wildman–Crippen MR) is 164 cm³/mol. The molecule has 2 bridgehead atoms. The number of nitrogens with zero attached hydrogens (tertiary/aromatic N) is 3. The van der Waals surface area contributed by atoms with Gasteiger partial charge in [0.05, 0.1) is 17.9 Å². The van der Waals surface area contributed by atoms with E-state index in [1.165, 1.54) is 0 Å². The van der Waals surface area contributed by atoms with E-state index in [4.69, 9.17) is 4.74 Å². The number of halogens is 1. The predicted octanol–water partition coefficient (Wildman–Crippen LogP) is 4.32. The van der Waals surface area contributed by atoms with Gasteiger partial charge in [0.15, 0.2) is 0 Å². The summed E-state index contributed by atoms with van der Waals surface area (Å²) in [6.45, 7) is 11.6. The molecule has 0 aromatic heterocycles. The van der Waals surface area contributed by atoms with E-state index in [-0.39, 0.29) is 29.2 Å². The van der Waals surface area contributed by atoms with E-state index in [0.29, 0.717) is 45.4 Å². The van der Waals surface area contributed by atoms with Gasteiger partial charge < -0.3 is 24.5 Å². The maximum absolute atomic E-state index is 14.3. The van der Waals surface area contributed by atoms with Gasteiger partial charge in [0.2, 0.25) is 17.7 Å². The Hall–Kier alpha value is -2.49. The molecule has 1 N–H and O–H groups in total. The van der Waals surface area contributed by atoms with Gasteiger partial charge in [0.25, 0.3) is 0 Å². The molecule has 3 heterocycles. The highest BCUT2D eigenvalue weighted by molar-refractivity contribution is 9.09. The molecule has 3 fully saturated rings. The zero-order valence-corrected chi connectivity index (χ0v) is 25.7. The van der Waals surface area contributed by atoms with Crippen molar-refractivity contribution in [2.24, 2.45) is 11.8 Å². The highest BCUT2D eigenvalue weighted by atomic mass is 79.9. The Balaban J connectivity index is 1.72. The SMILES string of the molecule is C=CCN(CCCC)C(=O)C1N(CCCCCCO)C(=O)[C@@H]2[C@H](C(=O)N(CC=C)c3ccccc3)[C@H]3OC12CC3Br. The monoisotopic (exact) mass is 629 g/mol. The molecular formula is C32H44BrN3O5. The number of benzene rings is 1. The molecule has 8 nitrogen and oxygen atoms in total. The minimum atomic E-state index is -1.08. The summed E-state index contributed by atoms with van der Waals surface area (Å²) in [5.41, 5.74) is -0.350. The molecule has 0 saturated carbocycles. The van der Waals surface area contributed by atoms with Crippen LogP contribution in [0.1, 0.15) is 51.9 Å². The van der Waals surface area contributed by atoms with Crippen LogP contribution in [0.15, 0.2) is 55.6 Å². The second-order valence-corrected chi connectivity index (χ2v) is 12.5. The Bertz CT molecular complexity index is 1100. The van der Waals surface area contributed by atoms with Gasteiger partial charge in [0.1, 0.15) is 11.6 Å². The van der Waals surface area contributed by atoms with Gasteiger partial charge in [-0.15, -0.1) is 13.2 Å². The van der Waals surface area contributed by atoms with Crippen LogP contribution in [0.4, 0.5) is 5.69 Å². The van der Waals surface area contributed by atoms with Gasteiger partial charge >= 0.3 is 0 Å². The highest BCUT2D eigenvalue weighted by Gasteiger charge is 2.76. The first-order valence-electron chi connectivity index (χ1n) is 15.0. The van der Waals surface area contributed by atoms with Crippen molar-refractivity contribution in [2.45, 2.75) is 74.4 Å². The maximum atomic E-state index is 14.3. The fourth-order valence-electron chi connectivity index (χ4n) is 6.89. The summed E-state index contributed by atoms with van der Waals surface area (Å²) in [5.74, 6) is -1.96. The topological polar surface area (TPSA) is 90.4 Å². The summed E-state index contributed by atoms with van der Waals surface area (Å²) in [6.07, 6.45) is 8.25. The summed E-state index contributed by atoms with van der Waals surface area (Å²) >= 11 is 3.78. The van der Waals surface area contributed by atoms with Crippen molar-refractivity contribution in [1.29, 1.82) is 0 Å². The smallest absolute Gasteiger partial charge is 0.248 e. The number of aliphatic hydroxyl groups excluding tert-OH is 1. The molecule has 6 atom stereocenters. The molecule has 224 valence electrons. The average Bonchev–Trinajstić information content (AvgIpc) is 3.57. The van der Waals surface area contributed by atoms with Crippen molar-refractivity contribution in [3.05, 3.63) is 55.6 Å². The third-order valence-electron chi connectivity index (χ3n) is 8.70. The molecule has 4 rings (SSSR count). The molecule has 3 saturated heterocycles. The minimum absolute atomic E-state index is 0.135. The van der Waals surface area contributed by atoms with Crippen LogP contribution in [0.2, 0.25) is 0 Å². The van der Waals surface area contributed by atoms with Crippen molar-refractivity contribution >= 4 is 39.3 Å². The van der Waals surface area contributed by atoms with E-state index in [0.717, 1.165) is 31.4 Å². The lowest BCUT2D eigenvalue weighted by molar-refractivity contribution is -0.147. The van der Waals surface area contributed by atoms with Crippen LogP contribution in [0.25, 0.3) is 0 Å². The highest BCUT2D eigenvalue weighted by Crippen LogP contribution is 2.60. The first-order valence-corrected chi connectivity index (χ1v) is 15.9. The maximum Gasteiger partial charge on any atom is 0.248 e. The molecule has 1 aromatic rings. The Kier molecular flexibility index (Phi) is 10.8. The number of hydrogen-bond acceptors (Lipinski definition) is 5. The van der Waals surface area contributed by atoms with Crippen LogP contribution >= 0.6 is 15.9 Å². The minimum Gasteiger partial charge on any atom is -0.396 e. The Morgan fingerprint density at radius 2 is 1.80 bits per heavy atom. The van der Waals surface area contributed by atoms with Crippen molar-refractivity contribution in [3.63, 3.8) is 0 Å². The lowest BCUT2D eigenvalue weighted by atomic mass is 9.70. The number of hydrogen-bond donors (Lipinski definition) is 1. The van der Waals surface area contributed by atoms with Gasteiger partial charge in [-0.2, -0.15) is 0 Å². The molecule has 3 aliphatic heterocycles. The molecule has 3 amide bonds. The number of para-hydroxylation sites is 1. The number of alkyl halides is 1. The van der Waals surface area contributed by atoms with Gasteiger partial charge in [-0.3, -0.25) is 14.4 Å². The quantitative estimate of drug-likeness (QED) is 0.167. The average molecular weight is 631 g/mol. The van der Waals surface area contributed by atoms with E-state index in [9.17, 15) is 19.5 Å². The van der Waals surface area contributed by atoms with Gasteiger partial charge in [-0.1, -0.05) is 72.5 Å². The molecule has 9 heteroatoms. The van der Waals surface area contributed by atoms with Crippen LogP contribution < -0.4 is 4.90 Å². The molecule has 3 unspecified atom stereocenters. The van der Waals surface area contributed by atoms with Crippen LogP contribution in [-0.2, 0) is 19.1 Å². The summed E-state index contributed by atoms with van der Waals surface area (Å²) in [7, 11) is 0. The summed E-state index contributed by atoms with van der Waals surface area (Å²) in [6, 6.07) is 8.60. The molecule has 3 aliphatic rings. The van der Waals surface area contributed by atoms with Crippen molar-refractivity contribution in [3.8, 4) is 0 Å². The Morgan fingerprint density at radius 3 is 2.46 bits per heavy atom. The number of ether oxygens (including phenoxy) is 1. The lowest BCUT2D eigenvalue weighted by Crippen LogP contribution is -2.57. The first-order chi connectivity index (χ1) is 19.9. The molecular weight excluding hydrogens is 586 g/mol. The fourth-order valence-corrected chi connectivity index (χ4v) is 7.83. The van der Waals surface area contributed by atoms with E-state index < -0.39 is 29.6 Å². The normalized spacial score (nSPS) is 28.0. The third-order valence-corrected chi connectivity index (χ3v) is 9.55. The number of amides is 3. The molecule has 1 spiro atoms. The largest absolute Gasteiger partial charge is 0.396 e. The summed E-state index contributed by atoms with van der Waals surface area (Å²) < 4.78 is 6.72. The lowest BCUT2D eigenvalue weighted by Gasteiger charge is -2.37. The standard InChI is InChI=1S/C32H44BrN3O5/c1-4-7-19-34(17-5-2)31(40)28-32-22-24(33)27(41-32)25(26(32)30(39)36(28)20-13-8-9-14-21-37)29(38)35(18-6-3)23-15-11-10-12-16-23/h5-6,10-12,15-16,24-28,37H,2-4,7-9,13-14,17-22H2,1H3/t24?,25-,26-,27-,28?,32?/m0/s1. The molecule has 41 heavy (non-hydrogen) atoms. The van der Waals surface area contributed by atoms with Crippen molar-refractivity contribution < 1.29 is 24.2 Å². The van der Waals surface area contributed by atoms with E-state index in [1.54, 1.807) is 26.9 Å². The zero-order valence-electron chi connectivity index (χ0n) is 24.1. The number of unbranched alkanes of at least 4 members (excludes halogenated alkanes) is 4. The Morgan fingerprint density at radius 1 is 1.10 bits per heavy atom. The first kappa shape index (κ1) is 31.4.